The molecule has 7 heteroatoms. The maximum atomic E-state index is 13.0. The Morgan fingerprint density at radius 3 is 2.36 bits per heavy atom. The third kappa shape index (κ3) is 5.22. The Morgan fingerprint density at radius 2 is 1.68 bits per heavy atom. The average Bonchev–Trinajstić information content (AvgIpc) is 2.67. The molecule has 0 aromatic heterocycles. The van der Waals surface area contributed by atoms with E-state index >= 15 is 0 Å². The van der Waals surface area contributed by atoms with Crippen molar-refractivity contribution in [3.05, 3.63) is 86.6 Å². The largest absolute Gasteiger partial charge is 0.493 e. The number of halogens is 4. The van der Waals surface area contributed by atoms with Gasteiger partial charge in [0.25, 0.3) is 0 Å². The van der Waals surface area contributed by atoms with Gasteiger partial charge in [-0.05, 0) is 54.1 Å². The smallest absolute Gasteiger partial charge is 0.180 e. The first kappa shape index (κ1) is 20.6. The van der Waals surface area contributed by atoms with E-state index in [0.29, 0.717) is 33.1 Å². The molecular formula is C21H17Cl3FNO2. The SMILES string of the molecule is COc1cc(CNc2ccc(F)cc2)cc(Cl)c1OCc1ccc(Cl)cc1Cl. The number of anilines is 1. The first-order valence-electron chi connectivity index (χ1n) is 8.39. The highest BCUT2D eigenvalue weighted by atomic mass is 35.5. The molecule has 0 saturated carbocycles. The van der Waals surface area contributed by atoms with E-state index in [1.807, 2.05) is 6.07 Å². The molecule has 3 nitrogen and oxygen atoms in total. The second-order valence-electron chi connectivity index (χ2n) is 5.99. The zero-order chi connectivity index (χ0) is 20.1. The minimum absolute atomic E-state index is 0.221. The van der Waals surface area contributed by atoms with Crippen LogP contribution in [0.25, 0.3) is 0 Å². The molecule has 0 aliphatic rings. The van der Waals surface area contributed by atoms with Gasteiger partial charge in [-0.3, -0.25) is 0 Å². The van der Waals surface area contributed by atoms with Crippen LogP contribution in [0.4, 0.5) is 10.1 Å². The Labute approximate surface area is 177 Å². The minimum Gasteiger partial charge on any atom is -0.493 e. The quantitative estimate of drug-likeness (QED) is 0.429. The van der Waals surface area contributed by atoms with E-state index < -0.39 is 0 Å². The monoisotopic (exact) mass is 439 g/mol. The summed E-state index contributed by atoms with van der Waals surface area (Å²) in [6.07, 6.45) is 0. The second-order valence-corrected chi connectivity index (χ2v) is 7.24. The molecule has 0 aliphatic heterocycles. The number of rotatable bonds is 7. The number of hydrogen-bond acceptors (Lipinski definition) is 3. The van der Waals surface area contributed by atoms with Crippen LogP contribution >= 0.6 is 34.8 Å². The minimum atomic E-state index is -0.280. The van der Waals surface area contributed by atoms with Gasteiger partial charge in [0.15, 0.2) is 11.5 Å². The Bertz CT molecular complexity index is 965. The van der Waals surface area contributed by atoms with Crippen molar-refractivity contribution in [1.29, 1.82) is 0 Å². The number of hydrogen-bond donors (Lipinski definition) is 1. The van der Waals surface area contributed by atoms with Crippen molar-refractivity contribution in [3.63, 3.8) is 0 Å². The molecule has 0 radical (unpaired) electrons. The molecule has 0 bridgehead atoms. The summed E-state index contributed by atoms with van der Waals surface area (Å²) in [6, 6.07) is 15.0. The van der Waals surface area contributed by atoms with Gasteiger partial charge in [-0.15, -0.1) is 0 Å². The molecule has 0 atom stereocenters. The van der Waals surface area contributed by atoms with Crippen LogP contribution in [-0.4, -0.2) is 7.11 Å². The van der Waals surface area contributed by atoms with Gasteiger partial charge in [-0.1, -0.05) is 40.9 Å². The van der Waals surface area contributed by atoms with E-state index in [-0.39, 0.29) is 12.4 Å². The summed E-state index contributed by atoms with van der Waals surface area (Å²) in [6.45, 7) is 0.713. The molecule has 3 aromatic rings. The van der Waals surface area contributed by atoms with Crippen LogP contribution < -0.4 is 14.8 Å². The van der Waals surface area contributed by atoms with Gasteiger partial charge in [0, 0.05) is 27.8 Å². The van der Waals surface area contributed by atoms with Crippen molar-refractivity contribution in [3.8, 4) is 11.5 Å². The lowest BCUT2D eigenvalue weighted by molar-refractivity contribution is 0.284. The lowest BCUT2D eigenvalue weighted by atomic mass is 10.2. The zero-order valence-electron chi connectivity index (χ0n) is 14.9. The molecule has 0 unspecified atom stereocenters. The summed E-state index contributed by atoms with van der Waals surface area (Å²) in [5.74, 6) is 0.659. The lowest BCUT2D eigenvalue weighted by Gasteiger charge is -2.15. The van der Waals surface area contributed by atoms with Gasteiger partial charge in [-0.25, -0.2) is 4.39 Å². The zero-order valence-corrected chi connectivity index (χ0v) is 17.2. The molecule has 0 saturated heterocycles. The maximum absolute atomic E-state index is 13.0. The summed E-state index contributed by atoms with van der Waals surface area (Å²) < 4.78 is 24.3. The third-order valence-corrected chi connectivity index (χ3v) is 4.88. The van der Waals surface area contributed by atoms with Crippen molar-refractivity contribution in [2.75, 3.05) is 12.4 Å². The van der Waals surface area contributed by atoms with Gasteiger partial charge in [0.05, 0.1) is 12.1 Å². The summed E-state index contributed by atoms with van der Waals surface area (Å²) in [5, 5.41) is 4.70. The fourth-order valence-electron chi connectivity index (χ4n) is 2.58. The normalized spacial score (nSPS) is 10.6. The average molecular weight is 441 g/mol. The number of benzene rings is 3. The first-order chi connectivity index (χ1) is 13.5. The standard InChI is InChI=1S/C21H17Cl3FNO2/c1-27-20-9-13(11-26-17-6-4-16(25)5-7-17)8-19(24)21(20)28-12-14-2-3-15(22)10-18(14)23/h2-10,26H,11-12H2,1H3. The van der Waals surface area contributed by atoms with Gasteiger partial charge in [0.2, 0.25) is 0 Å². The Hall–Kier alpha value is -2.14. The number of ether oxygens (including phenoxy) is 2. The highest BCUT2D eigenvalue weighted by molar-refractivity contribution is 6.35. The van der Waals surface area contributed by atoms with Crippen LogP contribution in [-0.2, 0) is 13.2 Å². The second kappa shape index (κ2) is 9.37. The lowest BCUT2D eigenvalue weighted by Crippen LogP contribution is -2.03. The Kier molecular flexibility index (Phi) is 6.89. The summed E-state index contributed by atoms with van der Waals surface area (Å²) in [4.78, 5) is 0. The van der Waals surface area contributed by atoms with Crippen LogP contribution in [0.3, 0.4) is 0 Å². The van der Waals surface area contributed by atoms with Gasteiger partial charge < -0.3 is 14.8 Å². The van der Waals surface area contributed by atoms with Crippen molar-refractivity contribution >= 4 is 40.5 Å². The molecular weight excluding hydrogens is 424 g/mol. The summed E-state index contributed by atoms with van der Waals surface area (Å²) >= 11 is 18.5. The van der Waals surface area contributed by atoms with Crippen molar-refractivity contribution in [2.24, 2.45) is 0 Å². The highest BCUT2D eigenvalue weighted by Gasteiger charge is 2.13. The van der Waals surface area contributed by atoms with E-state index in [0.717, 1.165) is 16.8 Å². The molecule has 0 aliphatic carbocycles. The van der Waals surface area contributed by atoms with Crippen molar-refractivity contribution in [1.82, 2.24) is 0 Å². The maximum Gasteiger partial charge on any atom is 0.180 e. The molecule has 28 heavy (non-hydrogen) atoms. The van der Waals surface area contributed by atoms with Crippen LogP contribution in [0.1, 0.15) is 11.1 Å². The van der Waals surface area contributed by atoms with Crippen molar-refractivity contribution in [2.45, 2.75) is 13.2 Å². The van der Waals surface area contributed by atoms with Crippen molar-refractivity contribution < 1.29 is 13.9 Å². The molecule has 146 valence electrons. The molecule has 0 spiro atoms. The van der Waals surface area contributed by atoms with E-state index in [1.54, 1.807) is 43.5 Å². The summed E-state index contributed by atoms with van der Waals surface area (Å²) in [7, 11) is 1.55. The highest BCUT2D eigenvalue weighted by Crippen LogP contribution is 2.37. The van der Waals surface area contributed by atoms with Crippen LogP contribution in [0.2, 0.25) is 15.1 Å². The van der Waals surface area contributed by atoms with E-state index in [9.17, 15) is 4.39 Å². The molecule has 0 amide bonds. The van der Waals surface area contributed by atoms with E-state index in [1.165, 1.54) is 12.1 Å². The van der Waals surface area contributed by atoms with Gasteiger partial charge >= 0.3 is 0 Å². The molecule has 1 N–H and O–H groups in total. The summed E-state index contributed by atoms with van der Waals surface area (Å²) in [5.41, 5.74) is 2.48. The predicted molar refractivity (Wildman–Crippen MR) is 113 cm³/mol. The molecule has 3 rings (SSSR count). The van der Waals surface area contributed by atoms with E-state index in [2.05, 4.69) is 5.32 Å². The van der Waals surface area contributed by atoms with E-state index in [4.69, 9.17) is 44.3 Å². The fraction of sp³-hybridized carbons (Fsp3) is 0.143. The number of methoxy groups -OCH3 is 1. The predicted octanol–water partition coefficient (Wildman–Crippen LogP) is 6.99. The van der Waals surface area contributed by atoms with Gasteiger partial charge in [-0.2, -0.15) is 0 Å². The van der Waals surface area contributed by atoms with Crippen LogP contribution in [0, 0.1) is 5.82 Å². The third-order valence-electron chi connectivity index (χ3n) is 4.02. The number of nitrogens with one attached hydrogen (secondary N) is 1. The topological polar surface area (TPSA) is 30.5 Å². The first-order valence-corrected chi connectivity index (χ1v) is 9.52. The van der Waals surface area contributed by atoms with Crippen LogP contribution in [0.5, 0.6) is 11.5 Å². The fourth-order valence-corrected chi connectivity index (χ4v) is 3.33. The molecule has 0 fully saturated rings. The molecule has 0 heterocycles. The molecule has 3 aromatic carbocycles. The Morgan fingerprint density at radius 1 is 0.929 bits per heavy atom. The Balaban J connectivity index is 1.72. The van der Waals surface area contributed by atoms with Gasteiger partial charge in [0.1, 0.15) is 12.4 Å². The van der Waals surface area contributed by atoms with Crippen LogP contribution in [0.15, 0.2) is 54.6 Å².